The molecule has 0 unspecified atom stereocenters. The molecule has 0 atom stereocenters. The maximum absolute atomic E-state index is 10.1. The number of pyridine rings is 1. The summed E-state index contributed by atoms with van der Waals surface area (Å²) in [6.45, 7) is 0. The van der Waals surface area contributed by atoms with Crippen molar-refractivity contribution in [2.75, 3.05) is 0 Å². The van der Waals surface area contributed by atoms with Gasteiger partial charge >= 0.3 is 0 Å². The Morgan fingerprint density at radius 2 is 1.00 bits per heavy atom. The summed E-state index contributed by atoms with van der Waals surface area (Å²) >= 11 is 0. The van der Waals surface area contributed by atoms with Crippen molar-refractivity contribution in [3.63, 3.8) is 0 Å². The summed E-state index contributed by atoms with van der Waals surface area (Å²) < 4.78 is 4.48. The number of fused-ring (bicyclic) bond motifs is 6. The first-order chi connectivity index (χ1) is 19.8. The molecule has 186 valence electrons. The lowest BCUT2D eigenvalue weighted by Crippen LogP contribution is -1.99. The van der Waals surface area contributed by atoms with E-state index in [4.69, 9.17) is 0 Å². The fourth-order valence-corrected chi connectivity index (χ4v) is 6.08. The maximum Gasteiger partial charge on any atom is 0.101 e. The minimum Gasteiger partial charge on any atom is -0.308 e. The van der Waals surface area contributed by atoms with Crippen molar-refractivity contribution in [1.29, 1.82) is 5.26 Å². The van der Waals surface area contributed by atoms with E-state index in [9.17, 15) is 5.26 Å². The highest BCUT2D eigenvalue weighted by atomic mass is 15.0. The van der Waals surface area contributed by atoms with Crippen molar-refractivity contribution in [2.45, 2.75) is 0 Å². The molecule has 0 aliphatic heterocycles. The first kappa shape index (κ1) is 22.3. The molecule has 8 rings (SSSR count). The van der Waals surface area contributed by atoms with Gasteiger partial charge in [-0.25, -0.2) is 0 Å². The first-order valence-corrected chi connectivity index (χ1v) is 13.3. The van der Waals surface area contributed by atoms with E-state index in [1.807, 2.05) is 36.7 Å². The Hall–Kier alpha value is -5.66. The molecule has 5 aromatic carbocycles. The number of hydrogen-bond donors (Lipinski definition) is 0. The number of nitrogens with zero attached hydrogens (tertiary/aromatic N) is 4. The number of hydrogen-bond acceptors (Lipinski definition) is 2. The molecule has 0 amide bonds. The fourth-order valence-electron chi connectivity index (χ4n) is 6.08. The van der Waals surface area contributed by atoms with Crippen LogP contribution in [-0.4, -0.2) is 14.1 Å². The summed E-state index contributed by atoms with van der Waals surface area (Å²) in [4.78, 5) is 4.67. The largest absolute Gasteiger partial charge is 0.308 e. The van der Waals surface area contributed by atoms with E-state index in [-0.39, 0.29) is 0 Å². The van der Waals surface area contributed by atoms with Gasteiger partial charge in [-0.3, -0.25) is 4.98 Å². The SMILES string of the molecule is N#Cc1ccc(-c2cncc(-n3c4ccccc4c4ccccc43)c2)cc1-n1c2ccccc2c2ccccc21. The lowest BCUT2D eigenvalue weighted by Gasteiger charge is -2.13. The smallest absolute Gasteiger partial charge is 0.101 e. The third kappa shape index (κ3) is 3.22. The van der Waals surface area contributed by atoms with E-state index in [1.54, 1.807) is 0 Å². The second-order valence-electron chi connectivity index (χ2n) is 10.0. The minimum atomic E-state index is 0.627. The Balaban J connectivity index is 1.35. The van der Waals surface area contributed by atoms with Gasteiger partial charge in [0, 0.05) is 33.3 Å². The highest BCUT2D eigenvalue weighted by molar-refractivity contribution is 6.10. The second kappa shape index (κ2) is 8.69. The van der Waals surface area contributed by atoms with Gasteiger partial charge in [-0.2, -0.15) is 5.26 Å². The van der Waals surface area contributed by atoms with Crippen LogP contribution in [0.25, 0.3) is 66.1 Å². The zero-order valence-electron chi connectivity index (χ0n) is 21.5. The Bertz CT molecular complexity index is 2190. The van der Waals surface area contributed by atoms with Gasteiger partial charge < -0.3 is 9.13 Å². The molecule has 3 heterocycles. The summed E-state index contributed by atoms with van der Waals surface area (Å²) in [5, 5.41) is 14.9. The monoisotopic (exact) mass is 510 g/mol. The third-order valence-electron chi connectivity index (χ3n) is 7.83. The molecule has 0 aliphatic carbocycles. The van der Waals surface area contributed by atoms with Crippen LogP contribution < -0.4 is 0 Å². The lowest BCUT2D eigenvalue weighted by atomic mass is 10.0. The van der Waals surface area contributed by atoms with Gasteiger partial charge in [0.25, 0.3) is 0 Å². The molecule has 0 saturated heterocycles. The second-order valence-corrected chi connectivity index (χ2v) is 10.0. The molecule has 3 aromatic heterocycles. The van der Waals surface area contributed by atoms with Crippen molar-refractivity contribution in [1.82, 2.24) is 14.1 Å². The molecule has 8 aromatic rings. The maximum atomic E-state index is 10.1. The quantitative estimate of drug-likeness (QED) is 0.238. The van der Waals surface area contributed by atoms with Crippen LogP contribution >= 0.6 is 0 Å². The van der Waals surface area contributed by atoms with Gasteiger partial charge in [0.15, 0.2) is 0 Å². The molecule has 40 heavy (non-hydrogen) atoms. The van der Waals surface area contributed by atoms with Crippen molar-refractivity contribution in [3.05, 3.63) is 139 Å². The van der Waals surface area contributed by atoms with Crippen LogP contribution in [0.5, 0.6) is 0 Å². The van der Waals surface area contributed by atoms with E-state index in [2.05, 4.69) is 117 Å². The molecular weight excluding hydrogens is 488 g/mol. The molecule has 0 bridgehead atoms. The van der Waals surface area contributed by atoms with E-state index < -0.39 is 0 Å². The van der Waals surface area contributed by atoms with Crippen molar-refractivity contribution >= 4 is 43.6 Å². The summed E-state index contributed by atoms with van der Waals surface area (Å²) in [7, 11) is 0. The summed E-state index contributed by atoms with van der Waals surface area (Å²) in [5.41, 5.74) is 8.93. The standard InChI is InChI=1S/C36H22N4/c37-21-25-18-17-24(20-36(25)40-34-15-7-3-11-30(34)31-12-4-8-16-35(31)40)26-19-27(23-38-22-26)39-32-13-5-1-9-28(32)29-10-2-6-14-33(29)39/h1-20,22-23H. The Morgan fingerprint density at radius 3 is 1.52 bits per heavy atom. The lowest BCUT2D eigenvalue weighted by molar-refractivity contribution is 1.14. The number of aromatic nitrogens is 3. The van der Waals surface area contributed by atoms with Crippen LogP contribution in [0.15, 0.2) is 134 Å². The van der Waals surface area contributed by atoms with Gasteiger partial charge in [0.2, 0.25) is 0 Å². The fraction of sp³-hybridized carbons (Fsp3) is 0. The number of rotatable bonds is 3. The van der Waals surface area contributed by atoms with Crippen molar-refractivity contribution < 1.29 is 0 Å². The average molecular weight is 511 g/mol. The molecule has 0 spiro atoms. The Morgan fingerprint density at radius 1 is 0.500 bits per heavy atom. The van der Waals surface area contributed by atoms with E-state index in [0.29, 0.717) is 5.56 Å². The summed E-state index contributed by atoms with van der Waals surface area (Å²) in [6, 6.07) is 44.4. The molecule has 0 saturated carbocycles. The topological polar surface area (TPSA) is 46.5 Å². The third-order valence-corrected chi connectivity index (χ3v) is 7.83. The molecule has 0 radical (unpaired) electrons. The summed E-state index contributed by atoms with van der Waals surface area (Å²) in [5.74, 6) is 0. The predicted octanol–water partition coefficient (Wildman–Crippen LogP) is 8.81. The van der Waals surface area contributed by atoms with Gasteiger partial charge in [0.05, 0.1) is 45.2 Å². The van der Waals surface area contributed by atoms with Crippen LogP contribution in [0.3, 0.4) is 0 Å². The minimum absolute atomic E-state index is 0.627. The Labute approximate surface area is 230 Å². The molecule has 0 fully saturated rings. The van der Waals surface area contributed by atoms with Crippen LogP contribution in [0.1, 0.15) is 5.56 Å². The van der Waals surface area contributed by atoms with E-state index in [0.717, 1.165) is 44.6 Å². The predicted molar refractivity (Wildman–Crippen MR) is 163 cm³/mol. The van der Waals surface area contributed by atoms with Gasteiger partial charge in [-0.05, 0) is 48.0 Å². The zero-order valence-corrected chi connectivity index (χ0v) is 21.5. The van der Waals surface area contributed by atoms with Gasteiger partial charge in [-0.1, -0.05) is 78.9 Å². The van der Waals surface area contributed by atoms with Crippen LogP contribution in [0.2, 0.25) is 0 Å². The highest BCUT2D eigenvalue weighted by Crippen LogP contribution is 2.36. The van der Waals surface area contributed by atoms with Gasteiger partial charge in [-0.15, -0.1) is 0 Å². The average Bonchev–Trinajstić information content (AvgIpc) is 3.54. The van der Waals surface area contributed by atoms with E-state index >= 15 is 0 Å². The molecule has 4 nitrogen and oxygen atoms in total. The summed E-state index contributed by atoms with van der Waals surface area (Å²) in [6.07, 6.45) is 3.81. The van der Waals surface area contributed by atoms with Crippen molar-refractivity contribution in [2.24, 2.45) is 0 Å². The first-order valence-electron chi connectivity index (χ1n) is 13.3. The van der Waals surface area contributed by atoms with Crippen molar-refractivity contribution in [3.8, 4) is 28.6 Å². The van der Waals surface area contributed by atoms with Crippen LogP contribution in [0, 0.1) is 11.3 Å². The number of para-hydroxylation sites is 4. The Kier molecular flexibility index (Phi) is 4.85. The molecular formula is C36H22N4. The molecule has 0 aliphatic rings. The number of nitriles is 1. The van der Waals surface area contributed by atoms with Crippen LogP contribution in [-0.2, 0) is 0 Å². The van der Waals surface area contributed by atoms with E-state index in [1.165, 1.54) is 21.5 Å². The highest BCUT2D eigenvalue weighted by Gasteiger charge is 2.16. The zero-order chi connectivity index (χ0) is 26.6. The molecule has 4 heteroatoms. The van der Waals surface area contributed by atoms with Gasteiger partial charge in [0.1, 0.15) is 6.07 Å². The van der Waals surface area contributed by atoms with Crippen LogP contribution in [0.4, 0.5) is 0 Å². The normalized spacial score (nSPS) is 11.5. The number of benzene rings is 5. The molecule has 0 N–H and O–H groups in total.